The standard InChI is InChI=1S/C12H10O3P.2C2H6O/c13-16(14-11-7-3-1-4-8-11)15-12-9-5-2-6-10-12;2*1-2-3/h1-10H;2*3H,2H2,1H3/q+1;;. The number of aliphatic hydroxyl groups excluding tert-OH is 2. The second-order valence-electron chi connectivity index (χ2n) is 3.66. The average molecular weight is 325 g/mol. The molecule has 0 fully saturated rings. The van der Waals surface area contributed by atoms with E-state index in [0.717, 1.165) is 0 Å². The Hall–Kier alpha value is -1.94. The molecule has 0 heterocycles. The molecule has 0 aromatic heterocycles. The summed E-state index contributed by atoms with van der Waals surface area (Å²) >= 11 is 0. The van der Waals surface area contributed by atoms with Gasteiger partial charge in [-0.15, -0.1) is 0 Å². The van der Waals surface area contributed by atoms with Gasteiger partial charge in [-0.05, 0) is 38.1 Å². The summed E-state index contributed by atoms with van der Waals surface area (Å²) in [6.45, 7) is 3.86. The number of rotatable bonds is 4. The summed E-state index contributed by atoms with van der Waals surface area (Å²) in [5, 5.41) is 15.1. The Bertz CT molecular complexity index is 445. The minimum Gasteiger partial charge on any atom is -0.397 e. The lowest BCUT2D eigenvalue weighted by atomic mass is 10.3. The van der Waals surface area contributed by atoms with Crippen LogP contribution in [0.5, 0.6) is 11.5 Å². The Balaban J connectivity index is 0.000000639. The topological polar surface area (TPSA) is 76.0 Å². The third-order valence-corrected chi connectivity index (χ3v) is 2.57. The molecule has 22 heavy (non-hydrogen) atoms. The molecule has 0 unspecified atom stereocenters. The molecule has 0 atom stereocenters. The van der Waals surface area contributed by atoms with Crippen LogP contribution in [-0.4, -0.2) is 23.4 Å². The predicted molar refractivity (Wildman–Crippen MR) is 87.3 cm³/mol. The van der Waals surface area contributed by atoms with Gasteiger partial charge in [0.05, 0.1) is 0 Å². The van der Waals surface area contributed by atoms with Crippen molar-refractivity contribution in [1.29, 1.82) is 0 Å². The summed E-state index contributed by atoms with van der Waals surface area (Å²) in [6.07, 6.45) is 0. The molecule has 0 bridgehead atoms. The van der Waals surface area contributed by atoms with Gasteiger partial charge in [0.1, 0.15) is 0 Å². The Morgan fingerprint density at radius 2 is 1.05 bits per heavy atom. The highest BCUT2D eigenvalue weighted by Crippen LogP contribution is 2.29. The molecule has 0 saturated heterocycles. The van der Waals surface area contributed by atoms with Crippen LogP contribution in [0.15, 0.2) is 60.7 Å². The minimum absolute atomic E-state index is 0.250. The van der Waals surface area contributed by atoms with Crippen LogP contribution in [0.3, 0.4) is 0 Å². The van der Waals surface area contributed by atoms with Crippen molar-refractivity contribution in [2.75, 3.05) is 13.2 Å². The first-order valence-corrected chi connectivity index (χ1v) is 7.92. The van der Waals surface area contributed by atoms with Crippen molar-refractivity contribution in [3.8, 4) is 11.5 Å². The molecule has 0 aliphatic heterocycles. The van der Waals surface area contributed by atoms with E-state index in [4.69, 9.17) is 19.3 Å². The van der Waals surface area contributed by atoms with Gasteiger partial charge in [0.25, 0.3) is 0 Å². The fourth-order valence-corrected chi connectivity index (χ4v) is 1.78. The smallest absolute Gasteiger partial charge is 0.397 e. The lowest BCUT2D eigenvalue weighted by Crippen LogP contribution is -1.87. The third kappa shape index (κ3) is 10.8. The van der Waals surface area contributed by atoms with E-state index < -0.39 is 8.25 Å². The Morgan fingerprint density at radius 3 is 1.32 bits per heavy atom. The van der Waals surface area contributed by atoms with Crippen LogP contribution in [0.2, 0.25) is 0 Å². The molecule has 2 rings (SSSR count). The van der Waals surface area contributed by atoms with Crippen molar-refractivity contribution >= 4 is 8.25 Å². The molecule has 0 aliphatic rings. The van der Waals surface area contributed by atoms with Crippen molar-refractivity contribution in [2.45, 2.75) is 13.8 Å². The van der Waals surface area contributed by atoms with Crippen molar-refractivity contribution in [3.05, 3.63) is 60.7 Å². The van der Waals surface area contributed by atoms with E-state index in [1.54, 1.807) is 62.4 Å². The normalized spacial score (nSPS) is 8.55. The summed E-state index contributed by atoms with van der Waals surface area (Å²) in [5.41, 5.74) is 0. The van der Waals surface area contributed by atoms with E-state index in [1.165, 1.54) is 0 Å². The highest BCUT2D eigenvalue weighted by Gasteiger charge is 2.23. The summed E-state index contributed by atoms with van der Waals surface area (Å²) in [5.74, 6) is 1.05. The lowest BCUT2D eigenvalue weighted by Gasteiger charge is -1.92. The van der Waals surface area contributed by atoms with Gasteiger partial charge in [-0.3, -0.25) is 0 Å². The Kier molecular flexibility index (Phi) is 12.8. The van der Waals surface area contributed by atoms with E-state index in [1.807, 2.05) is 12.1 Å². The van der Waals surface area contributed by atoms with Crippen LogP contribution < -0.4 is 9.05 Å². The van der Waals surface area contributed by atoms with Crippen LogP contribution in [-0.2, 0) is 4.57 Å². The maximum Gasteiger partial charge on any atom is 0.805 e. The number of aliphatic hydroxyl groups is 2. The van der Waals surface area contributed by atoms with Crippen molar-refractivity contribution in [2.24, 2.45) is 0 Å². The average Bonchev–Trinajstić information content (AvgIpc) is 2.51. The van der Waals surface area contributed by atoms with Gasteiger partial charge in [0, 0.05) is 17.8 Å². The quantitative estimate of drug-likeness (QED) is 0.836. The predicted octanol–water partition coefficient (Wildman–Crippen LogP) is 3.80. The van der Waals surface area contributed by atoms with Gasteiger partial charge in [-0.1, -0.05) is 36.4 Å². The zero-order valence-corrected chi connectivity index (χ0v) is 13.6. The third-order valence-electron chi connectivity index (χ3n) is 1.85. The fraction of sp³-hybridized carbons (Fsp3) is 0.250. The first-order valence-electron chi connectivity index (χ1n) is 6.82. The number of benzene rings is 2. The SMILES string of the molecule is CCO.CCO.O=[P+](Oc1ccccc1)Oc1ccccc1. The summed E-state index contributed by atoms with van der Waals surface area (Å²) in [7, 11) is -2.18. The number of hydrogen-bond acceptors (Lipinski definition) is 5. The molecule has 2 aromatic rings. The van der Waals surface area contributed by atoms with E-state index in [9.17, 15) is 4.57 Å². The maximum absolute atomic E-state index is 11.5. The first-order chi connectivity index (χ1) is 10.7. The van der Waals surface area contributed by atoms with Gasteiger partial charge in [-0.25, -0.2) is 9.05 Å². The molecule has 6 heteroatoms. The molecule has 2 aromatic carbocycles. The van der Waals surface area contributed by atoms with Crippen molar-refractivity contribution in [3.63, 3.8) is 0 Å². The molecule has 0 aliphatic carbocycles. The molecule has 0 amide bonds. The molecule has 0 radical (unpaired) electrons. The highest BCUT2D eigenvalue weighted by molar-refractivity contribution is 7.34. The van der Waals surface area contributed by atoms with Crippen LogP contribution >= 0.6 is 8.25 Å². The van der Waals surface area contributed by atoms with Crippen molar-refractivity contribution < 1.29 is 23.8 Å². The molecular weight excluding hydrogens is 303 g/mol. The Morgan fingerprint density at radius 1 is 0.773 bits per heavy atom. The first kappa shape index (κ1) is 20.1. The minimum atomic E-state index is -2.18. The molecular formula is C16H22O5P+. The molecule has 0 saturated carbocycles. The van der Waals surface area contributed by atoms with Crippen LogP contribution in [0.25, 0.3) is 0 Å². The molecule has 120 valence electrons. The van der Waals surface area contributed by atoms with E-state index in [-0.39, 0.29) is 13.2 Å². The van der Waals surface area contributed by atoms with Crippen LogP contribution in [0.4, 0.5) is 0 Å². The fourth-order valence-electron chi connectivity index (χ4n) is 1.15. The van der Waals surface area contributed by atoms with E-state index >= 15 is 0 Å². The van der Waals surface area contributed by atoms with Gasteiger partial charge in [0.15, 0.2) is 11.5 Å². The van der Waals surface area contributed by atoms with E-state index in [2.05, 4.69) is 0 Å². The van der Waals surface area contributed by atoms with Gasteiger partial charge in [0.2, 0.25) is 0 Å². The van der Waals surface area contributed by atoms with Crippen LogP contribution in [0.1, 0.15) is 13.8 Å². The molecule has 0 spiro atoms. The summed E-state index contributed by atoms with van der Waals surface area (Å²) in [6, 6.07) is 17.8. The molecule has 5 nitrogen and oxygen atoms in total. The second-order valence-corrected chi connectivity index (χ2v) is 4.48. The Labute approximate surface area is 132 Å². The maximum atomic E-state index is 11.5. The zero-order chi connectivity index (χ0) is 16.6. The van der Waals surface area contributed by atoms with Crippen molar-refractivity contribution in [1.82, 2.24) is 0 Å². The second kappa shape index (κ2) is 14.0. The number of hydrogen-bond donors (Lipinski definition) is 2. The summed E-state index contributed by atoms with van der Waals surface area (Å²) < 4.78 is 21.7. The van der Waals surface area contributed by atoms with Gasteiger partial charge < -0.3 is 10.2 Å². The summed E-state index contributed by atoms with van der Waals surface area (Å²) in [4.78, 5) is 0. The monoisotopic (exact) mass is 325 g/mol. The number of para-hydroxylation sites is 2. The molecule has 2 N–H and O–H groups in total. The van der Waals surface area contributed by atoms with Gasteiger partial charge in [-0.2, -0.15) is 0 Å². The van der Waals surface area contributed by atoms with E-state index in [0.29, 0.717) is 11.5 Å². The lowest BCUT2D eigenvalue weighted by molar-refractivity contribution is 0.318. The van der Waals surface area contributed by atoms with Crippen LogP contribution in [0, 0.1) is 0 Å². The largest absolute Gasteiger partial charge is 0.805 e. The highest BCUT2D eigenvalue weighted by atomic mass is 31.1. The zero-order valence-electron chi connectivity index (χ0n) is 12.8. The van der Waals surface area contributed by atoms with Gasteiger partial charge >= 0.3 is 8.25 Å².